The summed E-state index contributed by atoms with van der Waals surface area (Å²) in [5.74, 6) is 0.913. The predicted molar refractivity (Wildman–Crippen MR) is 73.6 cm³/mol. The molecule has 0 amide bonds. The van der Waals surface area contributed by atoms with Gasteiger partial charge in [-0.05, 0) is 37.7 Å². The first-order chi connectivity index (χ1) is 7.93. The van der Waals surface area contributed by atoms with Crippen molar-refractivity contribution in [1.82, 2.24) is 0 Å². The molecular weight excluding hydrogens is 256 g/mol. The minimum atomic E-state index is -0.740. The van der Waals surface area contributed by atoms with Crippen molar-refractivity contribution in [3.63, 3.8) is 0 Å². The Morgan fingerprint density at radius 1 is 1.41 bits per heavy atom. The average molecular weight is 273 g/mol. The summed E-state index contributed by atoms with van der Waals surface area (Å²) in [6.45, 7) is 3.51. The third-order valence-electron chi connectivity index (χ3n) is 2.67. The fourth-order valence-electron chi connectivity index (χ4n) is 1.23. The van der Waals surface area contributed by atoms with Crippen LogP contribution in [-0.2, 0) is 10.5 Å². The number of hydrogen-bond donors (Lipinski definition) is 1. The zero-order valence-electron chi connectivity index (χ0n) is 10.1. The van der Waals surface area contributed by atoms with E-state index >= 15 is 0 Å². The number of rotatable bonds is 6. The summed E-state index contributed by atoms with van der Waals surface area (Å²) in [5.41, 5.74) is 0.459. The molecule has 0 fully saturated rings. The van der Waals surface area contributed by atoms with E-state index in [-0.39, 0.29) is 0 Å². The second-order valence-corrected chi connectivity index (χ2v) is 6.10. The van der Waals surface area contributed by atoms with Crippen LogP contribution in [0.25, 0.3) is 0 Å². The zero-order chi connectivity index (χ0) is 12.9. The van der Waals surface area contributed by atoms with Gasteiger partial charge in [0, 0.05) is 10.8 Å². The highest BCUT2D eigenvalue weighted by molar-refractivity contribution is 7.98. The van der Waals surface area contributed by atoms with E-state index in [1.807, 2.05) is 24.3 Å². The lowest BCUT2D eigenvalue weighted by Gasteiger charge is -2.18. The summed E-state index contributed by atoms with van der Waals surface area (Å²) in [4.78, 5) is 10.9. The van der Waals surface area contributed by atoms with Crippen LogP contribution in [0.5, 0.6) is 0 Å². The molecule has 4 heteroatoms. The third-order valence-corrected chi connectivity index (χ3v) is 4.04. The molecule has 1 rings (SSSR count). The Morgan fingerprint density at radius 3 is 2.65 bits per heavy atom. The van der Waals surface area contributed by atoms with Crippen LogP contribution < -0.4 is 0 Å². The molecule has 1 aromatic rings. The third kappa shape index (κ3) is 4.60. The highest BCUT2D eigenvalue weighted by Crippen LogP contribution is 2.26. The molecule has 0 radical (unpaired) electrons. The summed E-state index contributed by atoms with van der Waals surface area (Å²) >= 11 is 7.75. The molecule has 94 valence electrons. The second-order valence-electron chi connectivity index (χ2n) is 4.58. The Labute approximate surface area is 111 Å². The Bertz CT molecular complexity index is 391. The van der Waals surface area contributed by atoms with E-state index in [1.165, 1.54) is 0 Å². The van der Waals surface area contributed by atoms with Gasteiger partial charge in [0.2, 0.25) is 0 Å². The smallest absolute Gasteiger partial charge is 0.309 e. The van der Waals surface area contributed by atoms with Crippen LogP contribution in [0.2, 0.25) is 5.02 Å². The number of aliphatic carboxylic acids is 1. The lowest BCUT2D eigenvalue weighted by Crippen LogP contribution is -2.24. The largest absolute Gasteiger partial charge is 0.481 e. The van der Waals surface area contributed by atoms with Gasteiger partial charge in [0.25, 0.3) is 0 Å². The monoisotopic (exact) mass is 272 g/mol. The minimum absolute atomic E-state index is 0.645. The fourth-order valence-corrected chi connectivity index (χ4v) is 2.78. The van der Waals surface area contributed by atoms with Crippen LogP contribution in [0, 0.1) is 5.41 Å². The molecule has 0 heterocycles. The Balaban J connectivity index is 2.35. The standard InChI is InChI=1S/C13H17ClO2S/c1-13(2,12(15)16)7-8-17-9-10-5-3-4-6-11(10)14/h3-6H,7-9H2,1-2H3,(H,15,16). The fraction of sp³-hybridized carbons (Fsp3) is 0.462. The lowest BCUT2D eigenvalue weighted by molar-refractivity contribution is -0.146. The van der Waals surface area contributed by atoms with Crippen molar-refractivity contribution in [3.05, 3.63) is 34.9 Å². The number of hydrogen-bond acceptors (Lipinski definition) is 2. The van der Waals surface area contributed by atoms with E-state index in [0.717, 1.165) is 22.1 Å². The van der Waals surface area contributed by atoms with E-state index in [1.54, 1.807) is 25.6 Å². The minimum Gasteiger partial charge on any atom is -0.481 e. The Hall–Kier alpha value is -0.670. The molecule has 17 heavy (non-hydrogen) atoms. The molecule has 2 nitrogen and oxygen atoms in total. The molecule has 0 aliphatic carbocycles. The van der Waals surface area contributed by atoms with Gasteiger partial charge >= 0.3 is 5.97 Å². The lowest BCUT2D eigenvalue weighted by atomic mass is 9.91. The maximum absolute atomic E-state index is 10.9. The average Bonchev–Trinajstić information content (AvgIpc) is 2.26. The van der Waals surface area contributed by atoms with Crippen molar-refractivity contribution < 1.29 is 9.90 Å². The molecule has 0 aliphatic rings. The van der Waals surface area contributed by atoms with Gasteiger partial charge in [-0.2, -0.15) is 11.8 Å². The molecule has 0 saturated heterocycles. The van der Waals surface area contributed by atoms with Crippen LogP contribution in [0.1, 0.15) is 25.8 Å². The van der Waals surface area contributed by atoms with Gasteiger partial charge in [0.15, 0.2) is 0 Å². The molecule has 0 bridgehead atoms. The van der Waals surface area contributed by atoms with Crippen molar-refractivity contribution in [2.45, 2.75) is 26.0 Å². The molecule has 0 aromatic heterocycles. The van der Waals surface area contributed by atoms with Crippen molar-refractivity contribution in [2.75, 3.05) is 5.75 Å². The SMILES string of the molecule is CC(C)(CCSCc1ccccc1Cl)C(=O)O. The van der Waals surface area contributed by atoms with Crippen molar-refractivity contribution in [2.24, 2.45) is 5.41 Å². The molecule has 0 spiro atoms. The number of halogens is 1. The number of carboxylic acid groups (broad SMARTS) is 1. The van der Waals surface area contributed by atoms with Gasteiger partial charge in [-0.25, -0.2) is 0 Å². The molecule has 0 atom stereocenters. The van der Waals surface area contributed by atoms with E-state index < -0.39 is 11.4 Å². The van der Waals surface area contributed by atoms with E-state index in [0.29, 0.717) is 6.42 Å². The second kappa shape index (κ2) is 6.31. The molecule has 0 aliphatic heterocycles. The van der Waals surface area contributed by atoms with Crippen molar-refractivity contribution in [3.8, 4) is 0 Å². The van der Waals surface area contributed by atoms with Crippen LogP contribution >= 0.6 is 23.4 Å². The normalized spacial score (nSPS) is 11.5. The quantitative estimate of drug-likeness (QED) is 0.793. The van der Waals surface area contributed by atoms with Crippen LogP contribution in [0.3, 0.4) is 0 Å². The number of carboxylic acids is 1. The van der Waals surface area contributed by atoms with Crippen LogP contribution in [-0.4, -0.2) is 16.8 Å². The number of carbonyl (C=O) groups is 1. The molecular formula is C13H17ClO2S. The number of thioether (sulfide) groups is 1. The van der Waals surface area contributed by atoms with Gasteiger partial charge in [-0.1, -0.05) is 29.8 Å². The molecule has 1 aromatic carbocycles. The van der Waals surface area contributed by atoms with Gasteiger partial charge in [0.05, 0.1) is 5.41 Å². The van der Waals surface area contributed by atoms with Gasteiger partial charge in [-0.15, -0.1) is 0 Å². The van der Waals surface area contributed by atoms with Crippen LogP contribution in [0.15, 0.2) is 24.3 Å². The van der Waals surface area contributed by atoms with E-state index in [4.69, 9.17) is 16.7 Å². The Kier molecular flexibility index (Phi) is 5.34. The maximum Gasteiger partial charge on any atom is 0.309 e. The molecule has 0 unspecified atom stereocenters. The maximum atomic E-state index is 10.9. The van der Waals surface area contributed by atoms with Gasteiger partial charge < -0.3 is 5.11 Å². The highest BCUT2D eigenvalue weighted by Gasteiger charge is 2.26. The summed E-state index contributed by atoms with van der Waals surface area (Å²) in [6.07, 6.45) is 0.664. The predicted octanol–water partition coefficient (Wildman–Crippen LogP) is 4.07. The molecule has 1 N–H and O–H groups in total. The molecule has 0 saturated carbocycles. The summed E-state index contributed by atoms with van der Waals surface area (Å²) in [7, 11) is 0. The van der Waals surface area contributed by atoms with Crippen molar-refractivity contribution in [1.29, 1.82) is 0 Å². The first kappa shape index (κ1) is 14.4. The van der Waals surface area contributed by atoms with Crippen LogP contribution in [0.4, 0.5) is 0 Å². The summed E-state index contributed by atoms with van der Waals surface area (Å²) < 4.78 is 0. The topological polar surface area (TPSA) is 37.3 Å². The van der Waals surface area contributed by atoms with Gasteiger partial charge in [-0.3, -0.25) is 4.79 Å². The number of benzene rings is 1. The summed E-state index contributed by atoms with van der Waals surface area (Å²) in [6, 6.07) is 7.74. The zero-order valence-corrected chi connectivity index (χ0v) is 11.6. The Morgan fingerprint density at radius 2 is 2.06 bits per heavy atom. The highest BCUT2D eigenvalue weighted by atomic mass is 35.5. The van der Waals surface area contributed by atoms with E-state index in [2.05, 4.69) is 0 Å². The van der Waals surface area contributed by atoms with Gasteiger partial charge in [0.1, 0.15) is 0 Å². The first-order valence-electron chi connectivity index (χ1n) is 5.48. The van der Waals surface area contributed by atoms with E-state index in [9.17, 15) is 4.79 Å². The summed E-state index contributed by atoms with van der Waals surface area (Å²) in [5, 5.41) is 9.75. The first-order valence-corrected chi connectivity index (χ1v) is 7.01. The van der Waals surface area contributed by atoms with Crippen molar-refractivity contribution >= 4 is 29.3 Å².